The number of nitrogen functional groups attached to an aromatic ring is 1. The first-order valence-electron chi connectivity index (χ1n) is 5.04. The Balaban J connectivity index is 2.43. The largest absolute Gasteiger partial charge is 0.399 e. The second kappa shape index (κ2) is 5.72. The molecule has 0 unspecified atom stereocenters. The zero-order chi connectivity index (χ0) is 14.9. The third-order valence-corrected chi connectivity index (χ3v) is 4.83. The Labute approximate surface area is 133 Å². The zero-order valence-electron chi connectivity index (χ0n) is 9.64. The summed E-state index contributed by atoms with van der Waals surface area (Å²) in [5, 5.41) is -0.153. The number of aromatic nitrogens is 2. The van der Waals surface area contributed by atoms with Crippen molar-refractivity contribution in [3.8, 4) is 0 Å². The molecule has 0 saturated carbocycles. The summed E-state index contributed by atoms with van der Waals surface area (Å²) in [5.74, 6) is 0.0390. The molecule has 10 heteroatoms. The van der Waals surface area contributed by atoms with Gasteiger partial charge in [-0.25, -0.2) is 18.4 Å². The Bertz CT molecular complexity index is 729. The molecular formula is C10H7BrCl2N4O2S. The molecule has 1 aromatic carbocycles. The Kier molecular flexibility index (Phi) is 4.38. The molecule has 0 spiro atoms. The van der Waals surface area contributed by atoms with E-state index in [4.69, 9.17) is 28.9 Å². The second-order valence-corrected chi connectivity index (χ2v) is 6.89. The van der Waals surface area contributed by atoms with E-state index in [0.29, 0.717) is 4.60 Å². The van der Waals surface area contributed by atoms with Crippen molar-refractivity contribution >= 4 is 60.7 Å². The van der Waals surface area contributed by atoms with Gasteiger partial charge in [-0.2, -0.15) is 0 Å². The lowest BCUT2D eigenvalue weighted by Gasteiger charge is -2.10. The van der Waals surface area contributed by atoms with Crippen LogP contribution in [0.15, 0.2) is 34.0 Å². The fourth-order valence-corrected chi connectivity index (χ4v) is 3.82. The first-order valence-corrected chi connectivity index (χ1v) is 8.07. The van der Waals surface area contributed by atoms with E-state index in [9.17, 15) is 8.42 Å². The summed E-state index contributed by atoms with van der Waals surface area (Å²) < 4.78 is 27.2. The molecule has 6 nitrogen and oxygen atoms in total. The van der Waals surface area contributed by atoms with E-state index >= 15 is 0 Å². The van der Waals surface area contributed by atoms with Crippen LogP contribution in [-0.4, -0.2) is 18.4 Å². The van der Waals surface area contributed by atoms with Crippen LogP contribution in [0.3, 0.4) is 0 Å². The highest BCUT2D eigenvalue weighted by Crippen LogP contribution is 2.32. The number of rotatable bonds is 3. The standard InChI is InChI=1S/C10H7BrCl2N4O2S/c11-8-3-16-9(4-15-8)17-20(18,19)10-6(12)1-5(14)2-7(10)13/h1-4H,14H2,(H,16,17). The Morgan fingerprint density at radius 2 is 1.75 bits per heavy atom. The van der Waals surface area contributed by atoms with Gasteiger partial charge in [-0.05, 0) is 28.1 Å². The smallest absolute Gasteiger partial charge is 0.266 e. The van der Waals surface area contributed by atoms with Crippen molar-refractivity contribution in [1.29, 1.82) is 0 Å². The number of nitrogens with two attached hydrogens (primary N) is 1. The molecule has 0 atom stereocenters. The zero-order valence-corrected chi connectivity index (χ0v) is 13.6. The van der Waals surface area contributed by atoms with E-state index in [1.54, 1.807) is 0 Å². The minimum Gasteiger partial charge on any atom is -0.399 e. The second-order valence-electron chi connectivity index (χ2n) is 3.64. The van der Waals surface area contributed by atoms with Crippen molar-refractivity contribution < 1.29 is 8.42 Å². The maximum absolute atomic E-state index is 12.2. The highest BCUT2D eigenvalue weighted by atomic mass is 79.9. The quantitative estimate of drug-likeness (QED) is 0.775. The van der Waals surface area contributed by atoms with Crippen molar-refractivity contribution in [2.75, 3.05) is 10.5 Å². The Morgan fingerprint density at radius 1 is 1.15 bits per heavy atom. The molecular weight excluding hydrogens is 391 g/mol. The molecule has 2 rings (SSSR count). The summed E-state index contributed by atoms with van der Waals surface area (Å²) in [7, 11) is -3.99. The van der Waals surface area contributed by atoms with Crippen LogP contribution in [0.5, 0.6) is 0 Å². The molecule has 106 valence electrons. The van der Waals surface area contributed by atoms with Crippen LogP contribution in [-0.2, 0) is 10.0 Å². The van der Waals surface area contributed by atoms with Gasteiger partial charge in [-0.15, -0.1) is 0 Å². The van der Waals surface area contributed by atoms with Gasteiger partial charge in [0, 0.05) is 5.69 Å². The first kappa shape index (κ1) is 15.3. The summed E-state index contributed by atoms with van der Waals surface area (Å²) in [5.41, 5.74) is 5.80. The highest BCUT2D eigenvalue weighted by Gasteiger charge is 2.23. The van der Waals surface area contributed by atoms with Gasteiger partial charge in [0.2, 0.25) is 0 Å². The van der Waals surface area contributed by atoms with Crippen molar-refractivity contribution in [1.82, 2.24) is 9.97 Å². The van der Waals surface area contributed by atoms with Gasteiger partial charge < -0.3 is 5.73 Å². The lowest BCUT2D eigenvalue weighted by molar-refractivity contribution is 0.601. The molecule has 0 bridgehead atoms. The third-order valence-electron chi connectivity index (χ3n) is 2.15. The maximum atomic E-state index is 12.2. The van der Waals surface area contributed by atoms with Gasteiger partial charge >= 0.3 is 0 Å². The third kappa shape index (κ3) is 3.32. The van der Waals surface area contributed by atoms with Crippen LogP contribution in [0.2, 0.25) is 10.0 Å². The number of nitrogens with one attached hydrogen (secondary N) is 1. The SMILES string of the molecule is Nc1cc(Cl)c(S(=O)(=O)Nc2cnc(Br)cn2)c(Cl)c1. The van der Waals surface area contributed by atoms with Gasteiger partial charge in [0.05, 0.1) is 22.4 Å². The van der Waals surface area contributed by atoms with Crippen LogP contribution >= 0.6 is 39.1 Å². The van der Waals surface area contributed by atoms with Gasteiger partial charge in [-0.3, -0.25) is 4.72 Å². The molecule has 0 aliphatic carbocycles. The molecule has 0 radical (unpaired) electrons. The van der Waals surface area contributed by atoms with Gasteiger partial charge in [-0.1, -0.05) is 23.2 Å². The highest BCUT2D eigenvalue weighted by molar-refractivity contribution is 9.10. The molecule has 0 fully saturated rings. The van der Waals surface area contributed by atoms with E-state index in [0.717, 1.165) is 0 Å². The molecule has 3 N–H and O–H groups in total. The molecule has 0 amide bonds. The normalized spacial score (nSPS) is 11.3. The summed E-state index contributed by atoms with van der Waals surface area (Å²) in [6, 6.07) is 2.60. The molecule has 2 aromatic rings. The number of hydrogen-bond acceptors (Lipinski definition) is 5. The Morgan fingerprint density at radius 3 is 2.25 bits per heavy atom. The number of nitrogens with zero attached hydrogens (tertiary/aromatic N) is 2. The number of sulfonamides is 1. The van der Waals surface area contributed by atoms with Crippen LogP contribution in [0.1, 0.15) is 0 Å². The first-order chi connectivity index (χ1) is 9.29. The number of benzene rings is 1. The summed E-state index contributed by atoms with van der Waals surface area (Å²) in [4.78, 5) is 7.45. The molecule has 1 aromatic heterocycles. The fraction of sp³-hybridized carbons (Fsp3) is 0. The van der Waals surface area contributed by atoms with E-state index in [1.807, 2.05) is 0 Å². The van der Waals surface area contributed by atoms with Crippen molar-refractivity contribution in [3.63, 3.8) is 0 Å². The monoisotopic (exact) mass is 396 g/mol. The topological polar surface area (TPSA) is 98.0 Å². The average Bonchev–Trinajstić information content (AvgIpc) is 2.30. The molecule has 0 aliphatic heterocycles. The van der Waals surface area contributed by atoms with Crippen LogP contribution in [0.4, 0.5) is 11.5 Å². The van der Waals surface area contributed by atoms with E-state index in [1.165, 1.54) is 24.5 Å². The minimum atomic E-state index is -3.99. The number of anilines is 2. The van der Waals surface area contributed by atoms with Crippen LogP contribution < -0.4 is 10.5 Å². The van der Waals surface area contributed by atoms with E-state index < -0.39 is 10.0 Å². The predicted molar refractivity (Wildman–Crippen MR) is 81.4 cm³/mol. The molecule has 0 saturated heterocycles. The van der Waals surface area contributed by atoms with Crippen LogP contribution in [0, 0.1) is 0 Å². The average molecular weight is 398 g/mol. The Hall–Kier alpha value is -1.09. The minimum absolute atomic E-state index is 0.0390. The van der Waals surface area contributed by atoms with E-state index in [2.05, 4.69) is 30.6 Å². The molecule has 20 heavy (non-hydrogen) atoms. The van der Waals surface area contributed by atoms with Crippen LogP contribution in [0.25, 0.3) is 0 Å². The van der Waals surface area contributed by atoms with Gasteiger partial charge in [0.1, 0.15) is 9.50 Å². The van der Waals surface area contributed by atoms with Crippen molar-refractivity contribution in [3.05, 3.63) is 39.2 Å². The van der Waals surface area contributed by atoms with Gasteiger partial charge in [0.15, 0.2) is 5.82 Å². The lowest BCUT2D eigenvalue weighted by Crippen LogP contribution is -2.15. The summed E-state index contributed by atoms with van der Waals surface area (Å²) >= 11 is 14.9. The number of hydrogen-bond donors (Lipinski definition) is 2. The lowest BCUT2D eigenvalue weighted by atomic mass is 10.3. The summed E-state index contributed by atoms with van der Waals surface area (Å²) in [6.45, 7) is 0. The van der Waals surface area contributed by atoms with Crippen molar-refractivity contribution in [2.24, 2.45) is 0 Å². The fourth-order valence-electron chi connectivity index (χ4n) is 1.39. The molecule has 0 aliphatic rings. The summed E-state index contributed by atoms with van der Waals surface area (Å²) in [6.07, 6.45) is 2.60. The molecule has 1 heterocycles. The maximum Gasteiger partial charge on any atom is 0.266 e. The van der Waals surface area contributed by atoms with Gasteiger partial charge in [0.25, 0.3) is 10.0 Å². The predicted octanol–water partition coefficient (Wildman–Crippen LogP) is 2.93. The number of halogens is 3. The van der Waals surface area contributed by atoms with Crippen molar-refractivity contribution in [2.45, 2.75) is 4.90 Å². The van der Waals surface area contributed by atoms with E-state index in [-0.39, 0.29) is 26.4 Å².